The molecule has 0 N–H and O–H groups in total. The number of hydrogen-bond donors (Lipinski definition) is 0. The van der Waals surface area contributed by atoms with Crippen LogP contribution < -0.4 is 0 Å². The van der Waals surface area contributed by atoms with Gasteiger partial charge < -0.3 is 0 Å². The van der Waals surface area contributed by atoms with E-state index in [1.807, 2.05) is 30.4 Å². The summed E-state index contributed by atoms with van der Waals surface area (Å²) in [5, 5.41) is 0. The molecule has 1 aliphatic heterocycles. The third kappa shape index (κ3) is 4.23. The average molecular weight is 155 g/mol. The van der Waals surface area contributed by atoms with Crippen molar-refractivity contribution in [3.63, 3.8) is 0 Å². The molecule has 0 aromatic carbocycles. The molecule has 0 saturated carbocycles. The minimum atomic E-state index is 1.70. The second kappa shape index (κ2) is 6.10. The van der Waals surface area contributed by atoms with Crippen molar-refractivity contribution >= 4 is 6.21 Å². The van der Waals surface area contributed by atoms with Crippen LogP contribution in [0.4, 0.5) is 0 Å². The fourth-order valence-electron chi connectivity index (χ4n) is 0.617. The number of allylic oxidation sites excluding steroid dienone is 9. The molecular formula is C11H9N. The molecule has 1 heteroatoms. The largest absolute Gasteiger partial charge is 0.265 e. The second-order valence-electron chi connectivity index (χ2n) is 2.02. The Morgan fingerprint density at radius 1 is 0.833 bits per heavy atom. The van der Waals surface area contributed by atoms with E-state index in [0.717, 1.165) is 0 Å². The van der Waals surface area contributed by atoms with Gasteiger partial charge in [-0.3, -0.25) is 4.99 Å². The van der Waals surface area contributed by atoms with Gasteiger partial charge in [0.25, 0.3) is 0 Å². The van der Waals surface area contributed by atoms with Crippen molar-refractivity contribution in [3.8, 4) is 0 Å². The minimum Gasteiger partial charge on any atom is -0.265 e. The number of aliphatic imine (C=N–C) groups is 1. The Hall–Kier alpha value is -1.63. The SMILES string of the molecule is [C]1=C/C=C\[C]=C\C=C/N=C\C=C/1. The van der Waals surface area contributed by atoms with Gasteiger partial charge in [0.15, 0.2) is 0 Å². The summed E-state index contributed by atoms with van der Waals surface area (Å²) in [7, 11) is 0. The van der Waals surface area contributed by atoms with Crippen LogP contribution in [-0.4, -0.2) is 6.21 Å². The van der Waals surface area contributed by atoms with E-state index in [9.17, 15) is 0 Å². The Labute approximate surface area is 72.8 Å². The van der Waals surface area contributed by atoms with Gasteiger partial charge in [-0.2, -0.15) is 0 Å². The van der Waals surface area contributed by atoms with E-state index in [1.54, 1.807) is 24.6 Å². The van der Waals surface area contributed by atoms with E-state index >= 15 is 0 Å². The van der Waals surface area contributed by atoms with Gasteiger partial charge in [-0.15, -0.1) is 0 Å². The molecule has 0 aliphatic carbocycles. The van der Waals surface area contributed by atoms with E-state index < -0.39 is 0 Å². The quantitative estimate of drug-likeness (QED) is 0.509. The standard InChI is InChI=1S/C11H9N/c1-2-4-6-8-10-12-11-9-7-5-3-1/h1-3,6-11H/b2-1-,3-1?,4-2?,5-3?,6-4?,7-5?,8-6?,9-7-,10-8-,11-9?,12-10?,12-11-. The molecule has 0 aromatic heterocycles. The van der Waals surface area contributed by atoms with Gasteiger partial charge in [0.1, 0.15) is 0 Å². The van der Waals surface area contributed by atoms with Crippen molar-refractivity contribution in [2.45, 2.75) is 0 Å². The van der Waals surface area contributed by atoms with Crippen molar-refractivity contribution in [2.75, 3.05) is 0 Å². The fourth-order valence-corrected chi connectivity index (χ4v) is 0.617. The Kier molecular flexibility index (Phi) is 4.31. The molecule has 0 saturated heterocycles. The smallest absolute Gasteiger partial charge is 0.0267 e. The Balaban J connectivity index is 2.67. The molecule has 0 atom stereocenters. The van der Waals surface area contributed by atoms with Crippen molar-refractivity contribution in [1.29, 1.82) is 0 Å². The first-order valence-corrected chi connectivity index (χ1v) is 3.67. The summed E-state index contributed by atoms with van der Waals surface area (Å²) in [6.45, 7) is 0. The second-order valence-corrected chi connectivity index (χ2v) is 2.02. The van der Waals surface area contributed by atoms with Crippen LogP contribution in [0.2, 0.25) is 0 Å². The third-order valence-electron chi connectivity index (χ3n) is 1.11. The Morgan fingerprint density at radius 2 is 1.58 bits per heavy atom. The molecule has 1 aliphatic rings. The lowest BCUT2D eigenvalue weighted by molar-refractivity contribution is 1.59. The monoisotopic (exact) mass is 155 g/mol. The van der Waals surface area contributed by atoms with E-state index in [0.29, 0.717) is 0 Å². The number of hydrogen-bond acceptors (Lipinski definition) is 1. The van der Waals surface area contributed by atoms with Crippen LogP contribution in [0.5, 0.6) is 0 Å². The first-order valence-electron chi connectivity index (χ1n) is 3.67. The predicted molar refractivity (Wildman–Crippen MR) is 51.5 cm³/mol. The van der Waals surface area contributed by atoms with Crippen molar-refractivity contribution in [3.05, 3.63) is 60.9 Å². The predicted octanol–water partition coefficient (Wildman–Crippen LogP) is 2.42. The highest BCUT2D eigenvalue weighted by Crippen LogP contribution is 1.84. The Morgan fingerprint density at radius 3 is 2.50 bits per heavy atom. The van der Waals surface area contributed by atoms with Crippen LogP contribution in [0.3, 0.4) is 0 Å². The molecule has 0 unspecified atom stereocenters. The summed E-state index contributed by atoms with van der Waals surface area (Å²) in [6, 6.07) is 0. The molecule has 12 heavy (non-hydrogen) atoms. The van der Waals surface area contributed by atoms with Gasteiger partial charge in [0.2, 0.25) is 0 Å². The molecule has 0 bridgehead atoms. The van der Waals surface area contributed by atoms with Crippen molar-refractivity contribution in [2.24, 2.45) is 4.99 Å². The zero-order valence-corrected chi connectivity index (χ0v) is 6.64. The van der Waals surface area contributed by atoms with E-state index in [2.05, 4.69) is 17.1 Å². The van der Waals surface area contributed by atoms with Crippen molar-refractivity contribution < 1.29 is 0 Å². The number of rotatable bonds is 0. The van der Waals surface area contributed by atoms with E-state index in [-0.39, 0.29) is 0 Å². The topological polar surface area (TPSA) is 12.4 Å². The lowest BCUT2D eigenvalue weighted by Crippen LogP contribution is -1.62. The summed E-state index contributed by atoms with van der Waals surface area (Å²) in [5.74, 6) is 0. The third-order valence-corrected chi connectivity index (χ3v) is 1.11. The fraction of sp³-hybridized carbons (Fsp3) is 0. The van der Waals surface area contributed by atoms with Crippen LogP contribution in [-0.2, 0) is 0 Å². The van der Waals surface area contributed by atoms with Gasteiger partial charge in [0, 0.05) is 12.4 Å². The van der Waals surface area contributed by atoms with Crippen LogP contribution >= 0.6 is 0 Å². The highest BCUT2D eigenvalue weighted by atomic mass is 14.6. The molecule has 0 aromatic rings. The maximum absolute atomic E-state index is 3.96. The van der Waals surface area contributed by atoms with Crippen LogP contribution in [0, 0.1) is 12.2 Å². The summed E-state index contributed by atoms with van der Waals surface area (Å²) >= 11 is 0. The van der Waals surface area contributed by atoms with Gasteiger partial charge in [-0.25, -0.2) is 0 Å². The number of nitrogens with zero attached hydrogens (tertiary/aromatic N) is 1. The highest BCUT2D eigenvalue weighted by Gasteiger charge is 1.67. The molecule has 58 valence electrons. The molecule has 0 fully saturated rings. The van der Waals surface area contributed by atoms with Gasteiger partial charge in [-0.1, -0.05) is 30.4 Å². The lowest BCUT2D eigenvalue weighted by Gasteiger charge is -1.76. The zero-order chi connectivity index (χ0) is 8.49. The van der Waals surface area contributed by atoms with Gasteiger partial charge in [-0.05, 0) is 24.3 Å². The van der Waals surface area contributed by atoms with Gasteiger partial charge in [0.05, 0.1) is 0 Å². The highest BCUT2D eigenvalue weighted by molar-refractivity contribution is 5.71. The normalized spacial score (nSPS) is 32.0. The average Bonchev–Trinajstić information content (AvgIpc) is 2.05. The zero-order valence-electron chi connectivity index (χ0n) is 6.64. The first kappa shape index (κ1) is 8.47. The maximum Gasteiger partial charge on any atom is 0.0267 e. The van der Waals surface area contributed by atoms with Crippen LogP contribution in [0.15, 0.2) is 53.7 Å². The summed E-state index contributed by atoms with van der Waals surface area (Å²) < 4.78 is 0. The molecule has 0 spiro atoms. The lowest BCUT2D eigenvalue weighted by atomic mass is 10.3. The van der Waals surface area contributed by atoms with E-state index in [1.165, 1.54) is 0 Å². The molecular weight excluding hydrogens is 146 g/mol. The molecule has 0 amide bonds. The molecule has 1 heterocycles. The van der Waals surface area contributed by atoms with Crippen molar-refractivity contribution in [1.82, 2.24) is 0 Å². The summed E-state index contributed by atoms with van der Waals surface area (Å²) in [6.07, 6.45) is 22.0. The maximum atomic E-state index is 3.96. The summed E-state index contributed by atoms with van der Waals surface area (Å²) in [5.41, 5.74) is 0. The van der Waals surface area contributed by atoms with Gasteiger partial charge >= 0.3 is 0 Å². The molecule has 1 rings (SSSR count). The minimum absolute atomic E-state index is 1.70. The Bertz CT molecular complexity index is 174. The molecule has 2 radical (unpaired) electrons. The van der Waals surface area contributed by atoms with Crippen LogP contribution in [0.25, 0.3) is 0 Å². The van der Waals surface area contributed by atoms with E-state index in [4.69, 9.17) is 0 Å². The first-order chi connectivity index (χ1) is 6.00. The molecule has 1 nitrogen and oxygen atoms in total. The van der Waals surface area contributed by atoms with Crippen LogP contribution in [0.1, 0.15) is 0 Å². The summed E-state index contributed by atoms with van der Waals surface area (Å²) in [4.78, 5) is 3.96.